The lowest BCUT2D eigenvalue weighted by molar-refractivity contribution is -0.305. The van der Waals surface area contributed by atoms with Gasteiger partial charge in [0.25, 0.3) is 0 Å². The van der Waals surface area contributed by atoms with E-state index in [9.17, 15) is 20.0 Å². The summed E-state index contributed by atoms with van der Waals surface area (Å²) < 4.78 is 10.5. The lowest BCUT2D eigenvalue weighted by Gasteiger charge is -2.14. The van der Waals surface area contributed by atoms with Gasteiger partial charge in [0.05, 0.1) is 24.3 Å². The third-order valence-corrected chi connectivity index (χ3v) is 7.88. The van der Waals surface area contributed by atoms with Gasteiger partial charge < -0.3 is 25.1 Å². The number of carboxylic acid groups (broad SMARTS) is 1. The number of rotatable bonds is 12. The van der Waals surface area contributed by atoms with E-state index in [1.165, 1.54) is 23.1 Å². The molecule has 2 aromatic carbocycles. The fourth-order valence-electron chi connectivity index (χ4n) is 3.72. The van der Waals surface area contributed by atoms with E-state index in [4.69, 9.17) is 33.4 Å². The van der Waals surface area contributed by atoms with Crippen molar-refractivity contribution in [1.29, 1.82) is 5.26 Å². The largest absolute Gasteiger partial charge is 0.550 e. The predicted molar refractivity (Wildman–Crippen MR) is 158 cm³/mol. The number of carbonyl (C=O) groups is 2. The van der Waals surface area contributed by atoms with Crippen molar-refractivity contribution in [2.75, 3.05) is 18.9 Å². The zero-order chi connectivity index (χ0) is 30.1. The molecule has 0 aliphatic carbocycles. The van der Waals surface area contributed by atoms with E-state index in [0.29, 0.717) is 32.7 Å². The Balaban J connectivity index is 1.47. The van der Waals surface area contributed by atoms with Crippen LogP contribution in [0.15, 0.2) is 58.9 Å². The molecule has 42 heavy (non-hydrogen) atoms. The van der Waals surface area contributed by atoms with Crippen molar-refractivity contribution in [2.45, 2.75) is 23.6 Å². The first-order valence-electron chi connectivity index (χ1n) is 12.3. The number of ether oxygens (including phenoxy) is 2. The molecule has 0 amide bonds. The molecule has 0 bridgehead atoms. The number of halogens is 1. The molecule has 0 fully saturated rings. The van der Waals surface area contributed by atoms with Gasteiger partial charge in [-0.3, -0.25) is 4.79 Å². The number of nitrogen functional groups attached to an aromatic ring is 1. The van der Waals surface area contributed by atoms with E-state index in [1.807, 2.05) is 17.5 Å². The van der Waals surface area contributed by atoms with Crippen LogP contribution in [0, 0.1) is 17.9 Å². The van der Waals surface area contributed by atoms with E-state index < -0.39 is 18.4 Å². The zero-order valence-corrected chi connectivity index (χ0v) is 24.2. The Morgan fingerprint density at radius 3 is 2.48 bits per heavy atom. The maximum Gasteiger partial charge on any atom is 0.306 e. The number of hydrogen-bond acceptors (Lipinski definition) is 11. The number of carbonyl (C=O) groups excluding carboxylic acids is 2. The summed E-state index contributed by atoms with van der Waals surface area (Å²) in [6, 6.07) is 16.3. The molecule has 0 unspecified atom stereocenters. The van der Waals surface area contributed by atoms with Crippen molar-refractivity contribution in [3.05, 3.63) is 81.6 Å². The molecule has 0 aliphatic rings. The van der Waals surface area contributed by atoms with Gasteiger partial charge in [-0.2, -0.15) is 5.26 Å². The smallest absolute Gasteiger partial charge is 0.306 e. The highest BCUT2D eigenvalue weighted by atomic mass is 35.5. The van der Waals surface area contributed by atoms with Crippen LogP contribution in [-0.4, -0.2) is 35.1 Å². The first-order chi connectivity index (χ1) is 20.3. The summed E-state index contributed by atoms with van der Waals surface area (Å²) in [6.07, 6.45) is -0.681. The Labute approximate surface area is 254 Å². The minimum Gasteiger partial charge on any atom is -0.550 e. The van der Waals surface area contributed by atoms with Gasteiger partial charge in [0, 0.05) is 33.3 Å². The van der Waals surface area contributed by atoms with Crippen molar-refractivity contribution >= 4 is 58.1 Å². The SMILES string of the molecule is [C-]#[N+]c1c(N)nc(SCc2csc(-c3ccc(Cl)cc3)n2)c(C#N)c1-c1ccc(OCCOC(=O)CCC(=O)[O-])cc1. The number of aliphatic carboxylic acids is 1. The number of anilines is 1. The Morgan fingerprint density at radius 1 is 1.10 bits per heavy atom. The van der Waals surface area contributed by atoms with Crippen LogP contribution < -0.4 is 15.6 Å². The van der Waals surface area contributed by atoms with Gasteiger partial charge in [0.15, 0.2) is 0 Å². The molecule has 4 rings (SSSR count). The molecule has 2 aromatic heterocycles. The summed E-state index contributed by atoms with van der Waals surface area (Å²) in [4.78, 5) is 34.5. The summed E-state index contributed by atoms with van der Waals surface area (Å²) in [5, 5.41) is 24.3. The topological polar surface area (TPSA) is 156 Å². The van der Waals surface area contributed by atoms with Crippen LogP contribution in [0.1, 0.15) is 24.1 Å². The number of nitriles is 1. The van der Waals surface area contributed by atoms with Crippen LogP contribution in [0.4, 0.5) is 11.5 Å². The molecule has 13 heteroatoms. The van der Waals surface area contributed by atoms with Crippen LogP contribution >= 0.6 is 34.7 Å². The summed E-state index contributed by atoms with van der Waals surface area (Å²) in [5.74, 6) is -1.07. The quantitative estimate of drug-likeness (QED) is 0.0959. The number of nitrogens with two attached hydrogens (primary N) is 1. The highest BCUT2D eigenvalue weighted by molar-refractivity contribution is 7.98. The maximum atomic E-state index is 11.5. The molecule has 0 saturated heterocycles. The molecular formula is C29H21ClN5O5S2-. The van der Waals surface area contributed by atoms with E-state index in [1.54, 1.807) is 36.4 Å². The van der Waals surface area contributed by atoms with Crippen LogP contribution in [0.2, 0.25) is 5.02 Å². The number of pyridine rings is 1. The summed E-state index contributed by atoms with van der Waals surface area (Å²) in [5.41, 5.74) is 9.16. The first kappa shape index (κ1) is 30.3. The third kappa shape index (κ3) is 7.77. The van der Waals surface area contributed by atoms with Crippen molar-refractivity contribution in [3.8, 4) is 33.5 Å². The molecular weight excluding hydrogens is 598 g/mol. The number of benzene rings is 2. The number of nitrogens with zero attached hydrogens (tertiary/aromatic N) is 4. The van der Waals surface area contributed by atoms with E-state index >= 15 is 0 Å². The van der Waals surface area contributed by atoms with Gasteiger partial charge in [0.1, 0.15) is 40.9 Å². The Morgan fingerprint density at radius 2 is 1.81 bits per heavy atom. The molecule has 2 heterocycles. The second kappa shape index (κ2) is 14.3. The number of esters is 1. The van der Waals surface area contributed by atoms with Gasteiger partial charge in [-0.25, -0.2) is 14.8 Å². The molecule has 0 saturated carbocycles. The number of aromatic nitrogens is 2. The van der Waals surface area contributed by atoms with E-state index in [-0.39, 0.29) is 36.7 Å². The molecule has 10 nitrogen and oxygen atoms in total. The van der Waals surface area contributed by atoms with Crippen molar-refractivity contribution < 1.29 is 24.2 Å². The minimum absolute atomic E-state index is 0.0162. The summed E-state index contributed by atoms with van der Waals surface area (Å²) in [6.45, 7) is 7.65. The first-order valence-corrected chi connectivity index (χ1v) is 14.6. The molecule has 0 atom stereocenters. The average molecular weight is 619 g/mol. The predicted octanol–water partition coefficient (Wildman–Crippen LogP) is 5.27. The molecule has 0 spiro atoms. The zero-order valence-electron chi connectivity index (χ0n) is 21.8. The summed E-state index contributed by atoms with van der Waals surface area (Å²) in [7, 11) is 0. The second-order valence-corrected chi connectivity index (χ2v) is 10.8. The van der Waals surface area contributed by atoms with Crippen LogP contribution in [0.5, 0.6) is 5.75 Å². The third-order valence-electron chi connectivity index (χ3n) is 5.68. The van der Waals surface area contributed by atoms with Crippen molar-refractivity contribution in [1.82, 2.24) is 9.97 Å². The Bertz CT molecular complexity index is 1680. The molecule has 4 aromatic rings. The molecule has 212 valence electrons. The van der Waals surface area contributed by atoms with Crippen LogP contribution in [0.25, 0.3) is 26.5 Å². The van der Waals surface area contributed by atoms with Gasteiger partial charge >= 0.3 is 5.97 Å². The van der Waals surface area contributed by atoms with Crippen molar-refractivity contribution in [2.24, 2.45) is 0 Å². The van der Waals surface area contributed by atoms with Gasteiger partial charge in [-0.1, -0.05) is 47.6 Å². The lowest BCUT2D eigenvalue weighted by Crippen LogP contribution is -2.23. The Kier molecular flexibility index (Phi) is 10.3. The number of hydrogen-bond donors (Lipinski definition) is 1. The monoisotopic (exact) mass is 618 g/mol. The van der Waals surface area contributed by atoms with Crippen LogP contribution in [-0.2, 0) is 20.1 Å². The molecule has 0 aliphatic heterocycles. The van der Waals surface area contributed by atoms with Gasteiger partial charge in [-0.15, -0.1) is 11.3 Å². The highest BCUT2D eigenvalue weighted by Crippen LogP contribution is 2.42. The van der Waals surface area contributed by atoms with Gasteiger partial charge in [-0.05, 0) is 36.2 Å². The van der Waals surface area contributed by atoms with Crippen molar-refractivity contribution in [3.63, 3.8) is 0 Å². The minimum atomic E-state index is -1.32. The molecule has 2 N–H and O–H groups in total. The normalized spacial score (nSPS) is 10.5. The molecule has 0 radical (unpaired) electrons. The van der Waals surface area contributed by atoms with E-state index in [0.717, 1.165) is 16.3 Å². The standard InChI is InChI=1S/C29H22ClN5O5S2/c1-33-26-25(17-4-8-21(9-5-17)39-12-13-40-24(38)11-10-23(36)37)22(14-31)29(35-27(26)32)42-16-20-15-41-28(34-20)18-2-6-19(30)7-3-18/h2-9,15H,10-13,16H2,(H2,32,35)(H,36,37)/p-1. The fourth-order valence-corrected chi connectivity index (χ4v) is 5.67. The summed E-state index contributed by atoms with van der Waals surface area (Å²) >= 11 is 8.79. The number of thioether (sulfide) groups is 1. The van der Waals surface area contributed by atoms with E-state index in [2.05, 4.69) is 20.9 Å². The fraction of sp³-hybridized carbons (Fsp3) is 0.172. The second-order valence-electron chi connectivity index (χ2n) is 8.53. The Hall–Kier alpha value is -4.62. The number of carboxylic acids is 1. The van der Waals surface area contributed by atoms with Gasteiger partial charge in [0.2, 0.25) is 5.69 Å². The lowest BCUT2D eigenvalue weighted by atomic mass is 10.00. The average Bonchev–Trinajstić information content (AvgIpc) is 3.46. The number of thiazole rings is 1. The highest BCUT2D eigenvalue weighted by Gasteiger charge is 2.21. The maximum absolute atomic E-state index is 11.5. The van der Waals surface area contributed by atoms with Crippen LogP contribution in [0.3, 0.4) is 0 Å².